The first-order valence-electron chi connectivity index (χ1n) is 15.0. The third kappa shape index (κ3) is 4.46. The first-order chi connectivity index (χ1) is 22.3. The lowest BCUT2D eigenvalue weighted by Crippen LogP contribution is -2.09. The molecule has 0 atom stereocenters. The molecule has 9 rings (SSSR count). The zero-order chi connectivity index (χ0) is 29.7. The zero-order valence-electron chi connectivity index (χ0n) is 24.2. The molecule has 212 valence electrons. The van der Waals surface area contributed by atoms with Gasteiger partial charge in [0.2, 0.25) is 5.89 Å². The highest BCUT2D eigenvalue weighted by Crippen LogP contribution is 2.43. The van der Waals surface area contributed by atoms with Crippen LogP contribution in [0.2, 0.25) is 0 Å². The average Bonchev–Trinajstić information content (AvgIpc) is 3.71. The van der Waals surface area contributed by atoms with E-state index >= 15 is 0 Å². The van der Waals surface area contributed by atoms with Gasteiger partial charge < -0.3 is 9.32 Å². The number of aromatic nitrogens is 1. The van der Waals surface area contributed by atoms with Crippen molar-refractivity contribution in [3.63, 3.8) is 0 Å². The van der Waals surface area contributed by atoms with Gasteiger partial charge in [-0.15, -0.1) is 11.3 Å². The molecule has 2 heterocycles. The Bertz CT molecular complexity index is 2480. The number of thiophene rings is 1. The Kier molecular flexibility index (Phi) is 6.00. The van der Waals surface area contributed by atoms with Gasteiger partial charge >= 0.3 is 0 Å². The van der Waals surface area contributed by atoms with E-state index in [1.807, 2.05) is 30.3 Å². The van der Waals surface area contributed by atoms with Crippen LogP contribution in [0.5, 0.6) is 0 Å². The molecule has 45 heavy (non-hydrogen) atoms. The quantitative estimate of drug-likeness (QED) is 0.198. The van der Waals surface area contributed by atoms with E-state index < -0.39 is 0 Å². The van der Waals surface area contributed by atoms with Crippen LogP contribution < -0.4 is 4.90 Å². The Morgan fingerprint density at radius 3 is 2.00 bits per heavy atom. The van der Waals surface area contributed by atoms with Gasteiger partial charge in [0.15, 0.2) is 5.58 Å². The third-order valence-corrected chi connectivity index (χ3v) is 9.59. The van der Waals surface area contributed by atoms with E-state index in [0.717, 1.165) is 39.1 Å². The van der Waals surface area contributed by atoms with Gasteiger partial charge in [-0.25, -0.2) is 4.98 Å². The Morgan fingerprint density at radius 1 is 0.489 bits per heavy atom. The number of hydrogen-bond donors (Lipinski definition) is 0. The predicted molar refractivity (Wildman–Crippen MR) is 190 cm³/mol. The number of nitrogens with zero attached hydrogens (tertiary/aromatic N) is 2. The van der Waals surface area contributed by atoms with Gasteiger partial charge in [-0.1, -0.05) is 91.0 Å². The average molecular weight is 595 g/mol. The number of oxazole rings is 1. The molecule has 0 saturated heterocycles. The summed E-state index contributed by atoms with van der Waals surface area (Å²) in [4.78, 5) is 7.14. The van der Waals surface area contributed by atoms with Crippen LogP contribution in [0, 0.1) is 0 Å². The van der Waals surface area contributed by atoms with Crippen molar-refractivity contribution in [2.24, 2.45) is 0 Å². The van der Waals surface area contributed by atoms with Crippen molar-refractivity contribution in [2.45, 2.75) is 0 Å². The summed E-state index contributed by atoms with van der Waals surface area (Å²) < 4.78 is 8.81. The van der Waals surface area contributed by atoms with Crippen molar-refractivity contribution >= 4 is 70.4 Å². The molecule has 3 nitrogen and oxygen atoms in total. The van der Waals surface area contributed by atoms with Crippen molar-refractivity contribution in [2.75, 3.05) is 4.90 Å². The summed E-state index contributed by atoms with van der Waals surface area (Å²) in [5, 5.41) is 4.81. The van der Waals surface area contributed by atoms with E-state index in [1.54, 1.807) is 11.3 Å². The smallest absolute Gasteiger partial charge is 0.227 e. The van der Waals surface area contributed by atoms with Gasteiger partial charge in [0.1, 0.15) is 5.52 Å². The van der Waals surface area contributed by atoms with Gasteiger partial charge in [-0.3, -0.25) is 0 Å². The summed E-state index contributed by atoms with van der Waals surface area (Å²) in [5.41, 5.74) is 8.44. The molecule has 0 aliphatic carbocycles. The normalized spacial score (nSPS) is 11.6. The molecular formula is C41H26N2OS. The van der Waals surface area contributed by atoms with Crippen LogP contribution in [-0.2, 0) is 0 Å². The minimum absolute atomic E-state index is 0.649. The minimum atomic E-state index is 0.649. The lowest BCUT2D eigenvalue weighted by Gasteiger charge is -2.25. The van der Waals surface area contributed by atoms with Crippen LogP contribution in [0.15, 0.2) is 162 Å². The number of fused-ring (bicyclic) bond motifs is 6. The standard InChI is InChI=1S/C41H26N2OS/c1-3-10-29(11-4-1)41-42-36-23-24-37-39(40(36)44-41)35-22-21-34(26-38(35)45-37)43(32-13-5-2-6-14-32)33-19-17-28(18-20-33)31-16-15-27-9-7-8-12-30(27)25-31/h1-26H. The Hall–Kier alpha value is -5.71. The molecular weight excluding hydrogens is 569 g/mol. The Morgan fingerprint density at radius 2 is 1.18 bits per heavy atom. The Labute approximate surface area is 264 Å². The first kappa shape index (κ1) is 25.8. The predicted octanol–water partition coefficient (Wildman–Crippen LogP) is 12.2. The molecule has 0 aliphatic heterocycles. The molecule has 0 unspecified atom stereocenters. The number of benzene rings is 7. The minimum Gasteiger partial charge on any atom is -0.435 e. The maximum absolute atomic E-state index is 6.41. The van der Waals surface area contributed by atoms with E-state index in [4.69, 9.17) is 9.40 Å². The number of hydrogen-bond acceptors (Lipinski definition) is 4. The first-order valence-corrected chi connectivity index (χ1v) is 15.9. The molecule has 2 aromatic heterocycles. The maximum atomic E-state index is 6.41. The second-order valence-corrected chi connectivity index (χ2v) is 12.3. The molecule has 0 radical (unpaired) electrons. The van der Waals surface area contributed by atoms with Crippen LogP contribution in [0.25, 0.3) is 64.6 Å². The molecule has 0 fully saturated rings. The highest BCUT2D eigenvalue weighted by Gasteiger charge is 2.18. The molecule has 0 saturated carbocycles. The van der Waals surface area contributed by atoms with Crippen LogP contribution in [0.3, 0.4) is 0 Å². The molecule has 0 bridgehead atoms. The second kappa shape index (κ2) is 10.5. The SMILES string of the molecule is c1ccc(-c2nc3ccc4sc5cc(N(c6ccccc6)c6ccc(-c7ccc8ccccc8c7)cc6)ccc5c4c3o2)cc1. The molecule has 4 heteroatoms. The van der Waals surface area contributed by atoms with Crippen molar-refractivity contribution in [1.82, 2.24) is 4.98 Å². The fourth-order valence-electron chi connectivity index (χ4n) is 6.27. The Balaban J connectivity index is 1.14. The highest BCUT2D eigenvalue weighted by atomic mass is 32.1. The van der Waals surface area contributed by atoms with E-state index in [9.17, 15) is 0 Å². The highest BCUT2D eigenvalue weighted by molar-refractivity contribution is 7.26. The monoisotopic (exact) mass is 594 g/mol. The van der Waals surface area contributed by atoms with E-state index in [-0.39, 0.29) is 0 Å². The summed E-state index contributed by atoms with van der Waals surface area (Å²) in [6, 6.07) is 55.7. The number of rotatable bonds is 5. The summed E-state index contributed by atoms with van der Waals surface area (Å²) in [5.74, 6) is 0.649. The van der Waals surface area contributed by atoms with Crippen molar-refractivity contribution in [3.05, 3.63) is 158 Å². The van der Waals surface area contributed by atoms with E-state index in [0.29, 0.717) is 5.89 Å². The third-order valence-electron chi connectivity index (χ3n) is 8.48. The van der Waals surface area contributed by atoms with Gasteiger partial charge in [-0.05, 0) is 88.6 Å². The summed E-state index contributed by atoms with van der Waals surface area (Å²) in [6.45, 7) is 0. The van der Waals surface area contributed by atoms with Gasteiger partial charge in [-0.2, -0.15) is 0 Å². The second-order valence-electron chi connectivity index (χ2n) is 11.2. The fourth-order valence-corrected chi connectivity index (χ4v) is 7.41. The van der Waals surface area contributed by atoms with Crippen LogP contribution >= 0.6 is 11.3 Å². The number of para-hydroxylation sites is 1. The molecule has 0 aliphatic rings. The lowest BCUT2D eigenvalue weighted by atomic mass is 10.0. The maximum Gasteiger partial charge on any atom is 0.227 e. The largest absolute Gasteiger partial charge is 0.435 e. The van der Waals surface area contributed by atoms with Crippen molar-refractivity contribution in [3.8, 4) is 22.6 Å². The van der Waals surface area contributed by atoms with Gasteiger partial charge in [0.25, 0.3) is 0 Å². The number of anilines is 3. The van der Waals surface area contributed by atoms with Crippen LogP contribution in [0.1, 0.15) is 0 Å². The van der Waals surface area contributed by atoms with Crippen LogP contribution in [-0.4, -0.2) is 4.98 Å². The molecule has 0 amide bonds. The summed E-state index contributed by atoms with van der Waals surface area (Å²) in [6.07, 6.45) is 0. The fraction of sp³-hybridized carbons (Fsp3) is 0. The molecule has 9 aromatic rings. The zero-order valence-corrected chi connectivity index (χ0v) is 25.0. The lowest BCUT2D eigenvalue weighted by molar-refractivity contribution is 0.623. The molecule has 7 aromatic carbocycles. The molecule has 0 N–H and O–H groups in total. The molecule has 0 spiro atoms. The van der Waals surface area contributed by atoms with Gasteiger partial charge in [0, 0.05) is 42.8 Å². The van der Waals surface area contributed by atoms with E-state index in [2.05, 4.69) is 132 Å². The van der Waals surface area contributed by atoms with Crippen molar-refractivity contribution in [1.29, 1.82) is 0 Å². The summed E-state index contributed by atoms with van der Waals surface area (Å²) in [7, 11) is 0. The summed E-state index contributed by atoms with van der Waals surface area (Å²) >= 11 is 1.79. The topological polar surface area (TPSA) is 29.3 Å². The van der Waals surface area contributed by atoms with Crippen molar-refractivity contribution < 1.29 is 4.42 Å². The van der Waals surface area contributed by atoms with E-state index in [1.165, 1.54) is 36.7 Å². The van der Waals surface area contributed by atoms with Gasteiger partial charge in [0.05, 0.1) is 0 Å². The van der Waals surface area contributed by atoms with Crippen LogP contribution in [0.4, 0.5) is 17.1 Å².